The zero-order chi connectivity index (χ0) is 17.1. The SMILES string of the molecule is CCCN1C(=O)/C(=C\c2cccc(OC)c2)Oc2ccc(N)cc21. The Bertz CT molecular complexity index is 799. The maximum absolute atomic E-state index is 12.8. The van der Waals surface area contributed by atoms with E-state index < -0.39 is 0 Å². The van der Waals surface area contributed by atoms with Crippen molar-refractivity contribution in [1.29, 1.82) is 0 Å². The molecule has 2 aromatic rings. The monoisotopic (exact) mass is 324 g/mol. The number of anilines is 2. The van der Waals surface area contributed by atoms with Crippen LogP contribution >= 0.6 is 0 Å². The van der Waals surface area contributed by atoms with Crippen LogP contribution in [0.15, 0.2) is 48.2 Å². The summed E-state index contributed by atoms with van der Waals surface area (Å²) in [5.41, 5.74) is 8.01. The highest BCUT2D eigenvalue weighted by atomic mass is 16.5. The molecule has 124 valence electrons. The summed E-state index contributed by atoms with van der Waals surface area (Å²) >= 11 is 0. The van der Waals surface area contributed by atoms with E-state index in [2.05, 4.69) is 0 Å². The fourth-order valence-corrected chi connectivity index (χ4v) is 2.66. The molecule has 0 atom stereocenters. The molecule has 0 aliphatic carbocycles. The van der Waals surface area contributed by atoms with Gasteiger partial charge in [0.05, 0.1) is 12.8 Å². The van der Waals surface area contributed by atoms with E-state index in [1.165, 1.54) is 0 Å². The van der Waals surface area contributed by atoms with Crippen molar-refractivity contribution < 1.29 is 14.3 Å². The van der Waals surface area contributed by atoms with Crippen molar-refractivity contribution in [3.8, 4) is 11.5 Å². The Kier molecular flexibility index (Phi) is 4.42. The molecule has 2 aromatic carbocycles. The van der Waals surface area contributed by atoms with Gasteiger partial charge in [0.15, 0.2) is 11.5 Å². The van der Waals surface area contributed by atoms with Crippen molar-refractivity contribution in [2.75, 3.05) is 24.3 Å². The lowest BCUT2D eigenvalue weighted by molar-refractivity contribution is -0.117. The quantitative estimate of drug-likeness (QED) is 0.691. The largest absolute Gasteiger partial charge is 0.497 e. The average Bonchev–Trinajstić information content (AvgIpc) is 2.59. The molecule has 24 heavy (non-hydrogen) atoms. The summed E-state index contributed by atoms with van der Waals surface area (Å²) in [6, 6.07) is 12.8. The van der Waals surface area contributed by atoms with Crippen molar-refractivity contribution in [3.05, 3.63) is 53.8 Å². The highest BCUT2D eigenvalue weighted by Crippen LogP contribution is 2.37. The van der Waals surface area contributed by atoms with Crippen molar-refractivity contribution in [2.24, 2.45) is 0 Å². The number of rotatable bonds is 4. The Labute approximate surface area is 141 Å². The van der Waals surface area contributed by atoms with Crippen LogP contribution in [0, 0.1) is 0 Å². The van der Waals surface area contributed by atoms with Crippen molar-refractivity contribution in [3.63, 3.8) is 0 Å². The van der Waals surface area contributed by atoms with Crippen molar-refractivity contribution in [1.82, 2.24) is 0 Å². The first-order valence-electron chi connectivity index (χ1n) is 7.87. The summed E-state index contributed by atoms with van der Waals surface area (Å²) in [5, 5.41) is 0. The maximum atomic E-state index is 12.8. The second-order valence-corrected chi connectivity index (χ2v) is 5.57. The number of benzene rings is 2. The van der Waals surface area contributed by atoms with Gasteiger partial charge in [-0.1, -0.05) is 19.1 Å². The van der Waals surface area contributed by atoms with Gasteiger partial charge in [0.25, 0.3) is 5.91 Å². The Morgan fingerprint density at radius 3 is 2.83 bits per heavy atom. The number of ether oxygens (including phenoxy) is 2. The number of amides is 1. The highest BCUT2D eigenvalue weighted by molar-refractivity contribution is 6.10. The number of hydrogen-bond acceptors (Lipinski definition) is 4. The third-order valence-corrected chi connectivity index (χ3v) is 3.79. The van der Waals surface area contributed by atoms with Crippen LogP contribution in [0.5, 0.6) is 11.5 Å². The van der Waals surface area contributed by atoms with E-state index in [0.29, 0.717) is 23.7 Å². The number of nitrogens with zero attached hydrogens (tertiary/aromatic N) is 1. The zero-order valence-electron chi connectivity index (χ0n) is 13.8. The van der Waals surface area contributed by atoms with Gasteiger partial charge in [-0.15, -0.1) is 0 Å². The fourth-order valence-electron chi connectivity index (χ4n) is 2.66. The number of nitrogen functional groups attached to an aromatic ring is 1. The highest BCUT2D eigenvalue weighted by Gasteiger charge is 2.29. The topological polar surface area (TPSA) is 64.8 Å². The van der Waals surface area contributed by atoms with E-state index in [9.17, 15) is 4.79 Å². The molecular weight excluding hydrogens is 304 g/mol. The lowest BCUT2D eigenvalue weighted by Gasteiger charge is -2.30. The van der Waals surface area contributed by atoms with Crippen LogP contribution in [0.2, 0.25) is 0 Å². The molecule has 0 fully saturated rings. The van der Waals surface area contributed by atoms with Crippen LogP contribution in [0.1, 0.15) is 18.9 Å². The van der Waals surface area contributed by atoms with E-state index in [1.807, 2.05) is 31.2 Å². The number of fused-ring (bicyclic) bond motifs is 1. The smallest absolute Gasteiger partial charge is 0.294 e. The molecule has 1 aliphatic heterocycles. The normalized spacial score (nSPS) is 15.2. The van der Waals surface area contributed by atoms with Crippen molar-refractivity contribution >= 4 is 23.4 Å². The van der Waals surface area contributed by atoms with Crippen LogP contribution < -0.4 is 20.1 Å². The molecule has 0 spiro atoms. The molecule has 0 saturated carbocycles. The van der Waals surface area contributed by atoms with Crippen molar-refractivity contribution in [2.45, 2.75) is 13.3 Å². The molecule has 3 rings (SSSR count). The van der Waals surface area contributed by atoms with E-state index in [-0.39, 0.29) is 11.7 Å². The van der Waals surface area contributed by atoms with Crippen LogP contribution in [0.3, 0.4) is 0 Å². The third kappa shape index (κ3) is 3.06. The number of carbonyl (C=O) groups excluding carboxylic acids is 1. The van der Waals surface area contributed by atoms with Gasteiger partial charge in [-0.3, -0.25) is 4.79 Å². The van der Waals surface area contributed by atoms with E-state index in [0.717, 1.165) is 17.7 Å². The van der Waals surface area contributed by atoms with Gasteiger partial charge in [0.2, 0.25) is 0 Å². The van der Waals surface area contributed by atoms with Gasteiger partial charge in [0, 0.05) is 12.2 Å². The summed E-state index contributed by atoms with van der Waals surface area (Å²) in [7, 11) is 1.61. The molecule has 5 heteroatoms. The molecule has 0 saturated heterocycles. The Balaban J connectivity index is 2.02. The fraction of sp³-hybridized carbons (Fsp3) is 0.211. The molecule has 0 aromatic heterocycles. The summed E-state index contributed by atoms with van der Waals surface area (Å²) in [6.45, 7) is 2.63. The van der Waals surface area contributed by atoms with Crippen LogP contribution in [0.25, 0.3) is 6.08 Å². The predicted molar refractivity (Wildman–Crippen MR) is 95.1 cm³/mol. The first kappa shape index (κ1) is 15.9. The van der Waals surface area contributed by atoms with Crippen LogP contribution in [0.4, 0.5) is 11.4 Å². The zero-order valence-corrected chi connectivity index (χ0v) is 13.8. The summed E-state index contributed by atoms with van der Waals surface area (Å²) in [6.07, 6.45) is 2.57. The second kappa shape index (κ2) is 6.66. The molecule has 1 amide bonds. The van der Waals surface area contributed by atoms with Gasteiger partial charge < -0.3 is 20.1 Å². The third-order valence-electron chi connectivity index (χ3n) is 3.79. The van der Waals surface area contributed by atoms with Crippen LogP contribution in [-0.2, 0) is 4.79 Å². The standard InChI is InChI=1S/C19H20N2O3/c1-3-9-21-16-12-14(20)7-8-17(16)24-18(19(21)22)11-13-5-4-6-15(10-13)23-2/h4-8,10-12H,3,9,20H2,1-2H3/b18-11+. The second-order valence-electron chi connectivity index (χ2n) is 5.57. The molecule has 5 nitrogen and oxygen atoms in total. The Morgan fingerprint density at radius 1 is 1.25 bits per heavy atom. The minimum Gasteiger partial charge on any atom is -0.497 e. The van der Waals surface area contributed by atoms with Gasteiger partial charge in [-0.2, -0.15) is 0 Å². The molecular formula is C19H20N2O3. The number of hydrogen-bond donors (Lipinski definition) is 1. The number of nitrogens with two attached hydrogens (primary N) is 1. The summed E-state index contributed by atoms with van der Waals surface area (Å²) in [5.74, 6) is 1.48. The average molecular weight is 324 g/mol. The number of carbonyl (C=O) groups is 1. The molecule has 1 heterocycles. The summed E-state index contributed by atoms with van der Waals surface area (Å²) < 4.78 is 11.0. The van der Waals surface area contributed by atoms with E-state index in [1.54, 1.807) is 36.3 Å². The minimum atomic E-state index is -0.169. The van der Waals surface area contributed by atoms with Gasteiger partial charge in [-0.05, 0) is 48.4 Å². The van der Waals surface area contributed by atoms with Gasteiger partial charge in [0.1, 0.15) is 5.75 Å². The lowest BCUT2D eigenvalue weighted by atomic mass is 10.1. The van der Waals surface area contributed by atoms with Crippen LogP contribution in [-0.4, -0.2) is 19.6 Å². The van der Waals surface area contributed by atoms with E-state index >= 15 is 0 Å². The Morgan fingerprint density at radius 2 is 2.08 bits per heavy atom. The molecule has 2 N–H and O–H groups in total. The summed E-state index contributed by atoms with van der Waals surface area (Å²) in [4.78, 5) is 14.5. The Hall–Kier alpha value is -2.95. The maximum Gasteiger partial charge on any atom is 0.294 e. The van der Waals surface area contributed by atoms with E-state index in [4.69, 9.17) is 15.2 Å². The molecule has 0 bridgehead atoms. The molecule has 0 radical (unpaired) electrons. The molecule has 1 aliphatic rings. The predicted octanol–water partition coefficient (Wildman–Crippen LogP) is 3.45. The molecule has 0 unspecified atom stereocenters. The minimum absolute atomic E-state index is 0.169. The van der Waals surface area contributed by atoms with Gasteiger partial charge in [-0.25, -0.2) is 0 Å². The number of methoxy groups -OCH3 is 1. The lowest BCUT2D eigenvalue weighted by Crippen LogP contribution is -2.37. The van der Waals surface area contributed by atoms with Gasteiger partial charge >= 0.3 is 0 Å². The first-order valence-corrected chi connectivity index (χ1v) is 7.87. The first-order chi connectivity index (χ1) is 11.6.